The highest BCUT2D eigenvalue weighted by atomic mass is 19.1. The van der Waals surface area contributed by atoms with Gasteiger partial charge in [0.15, 0.2) is 5.78 Å². The van der Waals surface area contributed by atoms with Crippen molar-refractivity contribution in [2.45, 2.75) is 32.7 Å². The molecule has 0 aliphatic carbocycles. The molecule has 0 radical (unpaired) electrons. The Hall–Kier alpha value is -2.69. The number of rotatable bonds is 9. The molecule has 2 aromatic carbocycles. The summed E-state index contributed by atoms with van der Waals surface area (Å²) in [5.74, 6) is 0.372. The molecule has 2 rings (SSSR count). The molecule has 4 nitrogen and oxygen atoms in total. The maximum Gasteiger partial charge on any atom is 0.222 e. The van der Waals surface area contributed by atoms with E-state index in [0.29, 0.717) is 43.7 Å². The quantitative estimate of drug-likeness (QED) is 0.631. The van der Waals surface area contributed by atoms with Crippen molar-refractivity contribution in [3.8, 4) is 5.75 Å². The van der Waals surface area contributed by atoms with E-state index in [1.165, 1.54) is 12.1 Å². The Labute approximate surface area is 153 Å². The topological polar surface area (TPSA) is 46.6 Å². The number of benzene rings is 2. The highest BCUT2D eigenvalue weighted by Crippen LogP contribution is 2.15. The predicted octanol–water partition coefficient (Wildman–Crippen LogP) is 4.24. The number of amides is 1. The first kappa shape index (κ1) is 19.6. The second-order valence-corrected chi connectivity index (χ2v) is 6.04. The zero-order valence-electron chi connectivity index (χ0n) is 15.2. The molecule has 0 heterocycles. The number of hydrogen-bond acceptors (Lipinski definition) is 3. The third kappa shape index (κ3) is 5.69. The number of methoxy groups -OCH3 is 1. The van der Waals surface area contributed by atoms with E-state index in [4.69, 9.17) is 4.74 Å². The second-order valence-electron chi connectivity index (χ2n) is 6.04. The van der Waals surface area contributed by atoms with Crippen molar-refractivity contribution in [3.63, 3.8) is 0 Å². The van der Waals surface area contributed by atoms with Gasteiger partial charge in [-0.05, 0) is 55.3 Å². The van der Waals surface area contributed by atoms with Crippen LogP contribution in [-0.2, 0) is 11.3 Å². The number of Topliss-reactive ketones (excluding diaryl/α,β-unsaturated/α-hetero) is 1. The molecule has 0 spiro atoms. The van der Waals surface area contributed by atoms with E-state index in [0.717, 1.165) is 5.56 Å². The van der Waals surface area contributed by atoms with E-state index in [9.17, 15) is 14.0 Å². The number of halogens is 1. The third-order valence-corrected chi connectivity index (χ3v) is 4.20. The molecule has 0 fully saturated rings. The van der Waals surface area contributed by atoms with Gasteiger partial charge in [0.25, 0.3) is 0 Å². The van der Waals surface area contributed by atoms with Crippen LogP contribution in [-0.4, -0.2) is 30.2 Å². The summed E-state index contributed by atoms with van der Waals surface area (Å²) in [6.45, 7) is 2.81. The van der Waals surface area contributed by atoms with Crippen LogP contribution in [0.5, 0.6) is 5.75 Å². The molecule has 0 bridgehead atoms. The Morgan fingerprint density at radius 3 is 2.42 bits per heavy atom. The molecule has 2 aromatic rings. The van der Waals surface area contributed by atoms with Crippen molar-refractivity contribution in [2.24, 2.45) is 0 Å². The molecule has 138 valence electrons. The summed E-state index contributed by atoms with van der Waals surface area (Å²) in [5, 5.41) is 0. The lowest BCUT2D eigenvalue weighted by Crippen LogP contribution is -2.30. The lowest BCUT2D eigenvalue weighted by Gasteiger charge is -2.21. The Bertz CT molecular complexity index is 743. The summed E-state index contributed by atoms with van der Waals surface area (Å²) in [5.41, 5.74) is 1.37. The van der Waals surface area contributed by atoms with Gasteiger partial charge in [0.2, 0.25) is 5.91 Å². The van der Waals surface area contributed by atoms with Crippen LogP contribution in [0.3, 0.4) is 0 Å². The van der Waals surface area contributed by atoms with Crippen LogP contribution in [0, 0.1) is 5.82 Å². The van der Waals surface area contributed by atoms with Gasteiger partial charge in [-0.3, -0.25) is 9.59 Å². The van der Waals surface area contributed by atoms with Crippen LogP contribution in [0.15, 0.2) is 48.5 Å². The first-order valence-corrected chi connectivity index (χ1v) is 8.73. The smallest absolute Gasteiger partial charge is 0.222 e. The molecule has 0 aromatic heterocycles. The number of ether oxygens (including phenoxy) is 1. The van der Waals surface area contributed by atoms with Crippen molar-refractivity contribution in [1.29, 1.82) is 0 Å². The zero-order valence-corrected chi connectivity index (χ0v) is 15.2. The van der Waals surface area contributed by atoms with Crippen LogP contribution in [0.4, 0.5) is 4.39 Å². The average Bonchev–Trinajstić information content (AvgIpc) is 2.66. The van der Waals surface area contributed by atoms with E-state index in [1.54, 1.807) is 48.4 Å². The Morgan fingerprint density at radius 2 is 1.81 bits per heavy atom. The fourth-order valence-corrected chi connectivity index (χ4v) is 2.71. The lowest BCUT2D eigenvalue weighted by atomic mass is 10.0. The minimum Gasteiger partial charge on any atom is -0.497 e. The SMILES string of the molecule is CCN(Cc1cccc(F)c1)C(=O)CCCC(=O)c1ccc(OC)cc1. The summed E-state index contributed by atoms with van der Waals surface area (Å²) in [6, 6.07) is 13.2. The number of hydrogen-bond donors (Lipinski definition) is 0. The van der Waals surface area contributed by atoms with Gasteiger partial charge >= 0.3 is 0 Å². The Morgan fingerprint density at radius 1 is 1.08 bits per heavy atom. The Kier molecular flexibility index (Phi) is 7.33. The molecule has 0 aliphatic rings. The van der Waals surface area contributed by atoms with E-state index < -0.39 is 0 Å². The van der Waals surface area contributed by atoms with Crippen LogP contribution in [0.2, 0.25) is 0 Å². The molecule has 0 atom stereocenters. The molecule has 0 N–H and O–H groups in total. The first-order chi connectivity index (χ1) is 12.5. The van der Waals surface area contributed by atoms with Gasteiger partial charge < -0.3 is 9.64 Å². The van der Waals surface area contributed by atoms with Gasteiger partial charge in [0.05, 0.1) is 7.11 Å². The highest BCUT2D eigenvalue weighted by molar-refractivity contribution is 5.96. The Balaban J connectivity index is 1.83. The normalized spacial score (nSPS) is 10.4. The van der Waals surface area contributed by atoms with Crippen LogP contribution in [0.1, 0.15) is 42.1 Å². The number of ketones is 1. The maximum absolute atomic E-state index is 13.3. The standard InChI is InChI=1S/C21H24FNO3/c1-3-23(15-16-6-4-7-18(22)14-16)21(25)9-5-8-20(24)17-10-12-19(26-2)13-11-17/h4,6-7,10-14H,3,5,8-9,15H2,1-2H3. The van der Waals surface area contributed by atoms with Gasteiger partial charge in [0, 0.05) is 31.5 Å². The second kappa shape index (κ2) is 9.70. The number of carbonyl (C=O) groups excluding carboxylic acids is 2. The minimum atomic E-state index is -0.309. The van der Waals surface area contributed by atoms with Crippen LogP contribution >= 0.6 is 0 Å². The van der Waals surface area contributed by atoms with Gasteiger partial charge in [-0.15, -0.1) is 0 Å². The summed E-state index contributed by atoms with van der Waals surface area (Å²) < 4.78 is 18.3. The van der Waals surface area contributed by atoms with Gasteiger partial charge in [-0.1, -0.05) is 12.1 Å². The number of carbonyl (C=O) groups is 2. The number of nitrogens with zero attached hydrogens (tertiary/aromatic N) is 1. The summed E-state index contributed by atoms with van der Waals surface area (Å²) in [7, 11) is 1.58. The van der Waals surface area contributed by atoms with E-state index >= 15 is 0 Å². The average molecular weight is 357 g/mol. The first-order valence-electron chi connectivity index (χ1n) is 8.73. The fourth-order valence-electron chi connectivity index (χ4n) is 2.71. The minimum absolute atomic E-state index is 0.00799. The van der Waals surface area contributed by atoms with E-state index in [1.807, 2.05) is 6.92 Å². The molecule has 5 heteroatoms. The molecule has 0 aliphatic heterocycles. The maximum atomic E-state index is 13.3. The van der Waals surface area contributed by atoms with Gasteiger partial charge in [-0.2, -0.15) is 0 Å². The van der Waals surface area contributed by atoms with E-state index in [2.05, 4.69) is 0 Å². The molecule has 1 amide bonds. The molecular weight excluding hydrogens is 333 g/mol. The van der Waals surface area contributed by atoms with Crippen LogP contribution in [0.25, 0.3) is 0 Å². The van der Waals surface area contributed by atoms with Crippen molar-refractivity contribution >= 4 is 11.7 Å². The largest absolute Gasteiger partial charge is 0.497 e. The van der Waals surface area contributed by atoms with Gasteiger partial charge in [0.1, 0.15) is 11.6 Å². The monoisotopic (exact) mass is 357 g/mol. The lowest BCUT2D eigenvalue weighted by molar-refractivity contribution is -0.131. The summed E-state index contributed by atoms with van der Waals surface area (Å²) in [4.78, 5) is 26.2. The van der Waals surface area contributed by atoms with Crippen molar-refractivity contribution in [3.05, 3.63) is 65.5 Å². The molecule has 0 unspecified atom stereocenters. The van der Waals surface area contributed by atoms with Crippen LogP contribution < -0.4 is 4.74 Å². The van der Waals surface area contributed by atoms with Crippen molar-refractivity contribution in [2.75, 3.05) is 13.7 Å². The van der Waals surface area contributed by atoms with Gasteiger partial charge in [-0.25, -0.2) is 4.39 Å². The summed E-state index contributed by atoms with van der Waals surface area (Å²) >= 11 is 0. The molecular formula is C21H24FNO3. The molecule has 26 heavy (non-hydrogen) atoms. The third-order valence-electron chi connectivity index (χ3n) is 4.20. The molecule has 0 saturated carbocycles. The molecule has 0 saturated heterocycles. The summed E-state index contributed by atoms with van der Waals surface area (Å²) in [6.07, 6.45) is 1.10. The zero-order chi connectivity index (χ0) is 18.9. The predicted molar refractivity (Wildman–Crippen MR) is 98.7 cm³/mol. The fraction of sp³-hybridized carbons (Fsp3) is 0.333. The van der Waals surface area contributed by atoms with Crippen molar-refractivity contribution < 1.29 is 18.7 Å². The van der Waals surface area contributed by atoms with E-state index in [-0.39, 0.29) is 17.5 Å². The highest BCUT2D eigenvalue weighted by Gasteiger charge is 2.14. The van der Waals surface area contributed by atoms with Crippen molar-refractivity contribution in [1.82, 2.24) is 4.90 Å².